The zero-order valence-electron chi connectivity index (χ0n) is 15.2. The van der Waals surface area contributed by atoms with Gasteiger partial charge in [-0.15, -0.1) is 0 Å². The molecule has 0 spiro atoms. The molecule has 2 aromatic rings. The zero-order valence-corrected chi connectivity index (χ0v) is 15.2. The number of aryl methyl sites for hydroxylation is 1. The maximum absolute atomic E-state index is 14.3. The van der Waals surface area contributed by atoms with Gasteiger partial charge in [-0.05, 0) is 36.2 Å². The molecule has 3 rings (SSSR count). The summed E-state index contributed by atoms with van der Waals surface area (Å²) in [6, 6.07) is 9.80. The molecule has 3 amide bonds. The fraction of sp³-hybridized carbons (Fsp3) is 0.250. The summed E-state index contributed by atoms with van der Waals surface area (Å²) in [6.45, 7) is 2.69. The standard InChI is InChI=1S/C20H20FN3O4/c1-12-4-2-3-5-14(12)17(11-18(25)26)23-19(27)15-10-13(6-7-16(15)21)24-9-8-22-20(24)28/h2-7,10,17H,8-9,11H2,1H3,(H,22,28)(H,23,27)(H,25,26). The Balaban J connectivity index is 1.88. The number of rotatable bonds is 6. The van der Waals surface area contributed by atoms with Crippen LogP contribution in [0.2, 0.25) is 0 Å². The average Bonchev–Trinajstić information content (AvgIpc) is 3.07. The van der Waals surface area contributed by atoms with Crippen LogP contribution in [0.25, 0.3) is 0 Å². The Labute approximate surface area is 161 Å². The van der Waals surface area contributed by atoms with Crippen LogP contribution in [0.15, 0.2) is 42.5 Å². The minimum absolute atomic E-state index is 0.249. The van der Waals surface area contributed by atoms with E-state index in [9.17, 15) is 23.9 Å². The van der Waals surface area contributed by atoms with Crippen LogP contribution < -0.4 is 15.5 Å². The van der Waals surface area contributed by atoms with Crippen molar-refractivity contribution in [3.63, 3.8) is 0 Å². The van der Waals surface area contributed by atoms with Gasteiger partial charge in [0.2, 0.25) is 0 Å². The van der Waals surface area contributed by atoms with Crippen LogP contribution in [0, 0.1) is 12.7 Å². The third kappa shape index (κ3) is 4.11. The highest BCUT2D eigenvalue weighted by Crippen LogP contribution is 2.24. The lowest BCUT2D eigenvalue weighted by Gasteiger charge is -2.20. The van der Waals surface area contributed by atoms with Gasteiger partial charge in [0.25, 0.3) is 5.91 Å². The summed E-state index contributed by atoms with van der Waals surface area (Å²) in [5.74, 6) is -2.58. The molecule has 0 radical (unpaired) electrons. The van der Waals surface area contributed by atoms with Crippen molar-refractivity contribution in [3.8, 4) is 0 Å². The number of hydrogen-bond acceptors (Lipinski definition) is 3. The van der Waals surface area contributed by atoms with Crippen molar-refractivity contribution in [2.75, 3.05) is 18.0 Å². The van der Waals surface area contributed by atoms with Crippen molar-refractivity contribution >= 4 is 23.6 Å². The first-order chi connectivity index (χ1) is 13.4. The first-order valence-corrected chi connectivity index (χ1v) is 8.80. The van der Waals surface area contributed by atoms with E-state index in [4.69, 9.17) is 0 Å². The smallest absolute Gasteiger partial charge is 0.321 e. The molecular weight excluding hydrogens is 365 g/mol. The van der Waals surface area contributed by atoms with Gasteiger partial charge in [0.15, 0.2) is 0 Å². The number of carboxylic acids is 1. The lowest BCUT2D eigenvalue weighted by molar-refractivity contribution is -0.137. The van der Waals surface area contributed by atoms with Gasteiger partial charge in [0, 0.05) is 18.8 Å². The van der Waals surface area contributed by atoms with Crippen LogP contribution in [0.1, 0.15) is 33.9 Å². The quantitative estimate of drug-likeness (QED) is 0.712. The van der Waals surface area contributed by atoms with Gasteiger partial charge in [0.1, 0.15) is 5.82 Å². The summed E-state index contributed by atoms with van der Waals surface area (Å²) in [7, 11) is 0. The zero-order chi connectivity index (χ0) is 20.3. The summed E-state index contributed by atoms with van der Waals surface area (Å²) >= 11 is 0. The molecule has 28 heavy (non-hydrogen) atoms. The first kappa shape index (κ1) is 19.3. The number of hydrogen-bond donors (Lipinski definition) is 3. The van der Waals surface area contributed by atoms with Gasteiger partial charge in [-0.1, -0.05) is 24.3 Å². The molecule has 3 N–H and O–H groups in total. The maximum Gasteiger partial charge on any atom is 0.321 e. The van der Waals surface area contributed by atoms with Gasteiger partial charge in [-0.2, -0.15) is 0 Å². The lowest BCUT2D eigenvalue weighted by Crippen LogP contribution is -2.32. The van der Waals surface area contributed by atoms with Gasteiger partial charge in [-0.3, -0.25) is 14.5 Å². The summed E-state index contributed by atoms with van der Waals surface area (Å²) in [5.41, 5.74) is 1.61. The lowest BCUT2D eigenvalue weighted by atomic mass is 9.98. The molecule has 8 heteroatoms. The molecule has 1 saturated heterocycles. The van der Waals surface area contributed by atoms with E-state index < -0.39 is 23.7 Å². The Bertz CT molecular complexity index is 931. The number of halogens is 1. The van der Waals surface area contributed by atoms with E-state index in [1.54, 1.807) is 12.1 Å². The topological polar surface area (TPSA) is 98.7 Å². The maximum atomic E-state index is 14.3. The number of benzene rings is 2. The molecular formula is C20H20FN3O4. The number of carbonyl (C=O) groups excluding carboxylic acids is 2. The number of urea groups is 1. The molecule has 1 atom stereocenters. The van der Waals surface area contributed by atoms with Crippen LogP contribution in [0.4, 0.5) is 14.9 Å². The minimum Gasteiger partial charge on any atom is -0.481 e. The first-order valence-electron chi connectivity index (χ1n) is 8.80. The number of nitrogens with one attached hydrogen (secondary N) is 2. The molecule has 1 aliphatic heterocycles. The number of anilines is 1. The van der Waals surface area contributed by atoms with Crippen LogP contribution in [0.3, 0.4) is 0 Å². The normalized spacial score (nSPS) is 14.5. The molecule has 146 valence electrons. The molecule has 2 aromatic carbocycles. The number of nitrogens with zero attached hydrogens (tertiary/aromatic N) is 1. The van der Waals surface area contributed by atoms with E-state index in [-0.39, 0.29) is 18.0 Å². The number of aliphatic carboxylic acids is 1. The highest BCUT2D eigenvalue weighted by molar-refractivity contribution is 5.99. The second-order valence-corrected chi connectivity index (χ2v) is 6.53. The SMILES string of the molecule is Cc1ccccc1C(CC(=O)O)NC(=O)c1cc(N2CCNC2=O)ccc1F. The molecule has 7 nitrogen and oxygen atoms in total. The number of carbonyl (C=O) groups is 3. The van der Waals surface area contributed by atoms with Gasteiger partial charge >= 0.3 is 12.0 Å². The molecule has 1 aliphatic rings. The van der Waals surface area contributed by atoms with Gasteiger partial charge in [0.05, 0.1) is 18.0 Å². The van der Waals surface area contributed by atoms with Crippen molar-refractivity contribution in [2.45, 2.75) is 19.4 Å². The second-order valence-electron chi connectivity index (χ2n) is 6.53. The summed E-state index contributed by atoms with van der Waals surface area (Å²) in [4.78, 5) is 37.2. The van der Waals surface area contributed by atoms with Crippen molar-refractivity contribution in [1.29, 1.82) is 0 Å². The Kier molecular flexibility index (Phi) is 5.58. The Morgan fingerprint density at radius 3 is 2.68 bits per heavy atom. The monoisotopic (exact) mass is 385 g/mol. The van der Waals surface area contributed by atoms with E-state index >= 15 is 0 Å². The Hall–Kier alpha value is -3.42. The van der Waals surface area contributed by atoms with E-state index in [2.05, 4.69) is 10.6 Å². The van der Waals surface area contributed by atoms with E-state index in [0.717, 1.165) is 11.6 Å². The summed E-state index contributed by atoms with van der Waals surface area (Å²) in [6.07, 6.45) is -0.341. The van der Waals surface area contributed by atoms with Gasteiger partial charge in [-0.25, -0.2) is 9.18 Å². The predicted molar refractivity (Wildman–Crippen MR) is 101 cm³/mol. The molecule has 0 bridgehead atoms. The molecule has 0 aliphatic carbocycles. The predicted octanol–water partition coefficient (Wildman–Crippen LogP) is 2.61. The number of amides is 3. The average molecular weight is 385 g/mol. The third-order valence-electron chi connectivity index (χ3n) is 4.61. The highest BCUT2D eigenvalue weighted by Gasteiger charge is 2.25. The van der Waals surface area contributed by atoms with Crippen molar-refractivity contribution in [1.82, 2.24) is 10.6 Å². The van der Waals surface area contributed by atoms with Crippen LogP contribution in [-0.4, -0.2) is 36.1 Å². The van der Waals surface area contributed by atoms with Crippen LogP contribution in [0.5, 0.6) is 0 Å². The third-order valence-corrected chi connectivity index (χ3v) is 4.61. The van der Waals surface area contributed by atoms with Crippen molar-refractivity contribution in [3.05, 3.63) is 65.0 Å². The fourth-order valence-electron chi connectivity index (χ4n) is 3.20. The highest BCUT2D eigenvalue weighted by atomic mass is 19.1. The van der Waals surface area contributed by atoms with Gasteiger partial charge < -0.3 is 15.7 Å². The van der Waals surface area contributed by atoms with Crippen molar-refractivity contribution < 1.29 is 23.9 Å². The minimum atomic E-state index is -1.09. The van der Waals surface area contributed by atoms with Crippen LogP contribution >= 0.6 is 0 Å². The second kappa shape index (κ2) is 8.08. The Morgan fingerprint density at radius 2 is 2.04 bits per heavy atom. The Morgan fingerprint density at radius 1 is 1.29 bits per heavy atom. The molecule has 1 fully saturated rings. The largest absolute Gasteiger partial charge is 0.481 e. The van der Waals surface area contributed by atoms with E-state index in [0.29, 0.717) is 24.3 Å². The molecule has 0 saturated carbocycles. The number of carboxylic acid groups (broad SMARTS) is 1. The van der Waals surface area contributed by atoms with E-state index in [1.165, 1.54) is 17.0 Å². The molecule has 1 unspecified atom stereocenters. The fourth-order valence-corrected chi connectivity index (χ4v) is 3.20. The molecule has 0 aromatic heterocycles. The summed E-state index contributed by atoms with van der Waals surface area (Å²) < 4.78 is 14.3. The summed E-state index contributed by atoms with van der Waals surface area (Å²) in [5, 5.41) is 14.5. The molecule has 1 heterocycles. The van der Waals surface area contributed by atoms with Crippen molar-refractivity contribution in [2.24, 2.45) is 0 Å². The van der Waals surface area contributed by atoms with E-state index in [1.807, 2.05) is 19.1 Å². The van der Waals surface area contributed by atoms with Crippen LogP contribution in [-0.2, 0) is 4.79 Å².